The van der Waals surface area contributed by atoms with E-state index in [2.05, 4.69) is 6.58 Å². The summed E-state index contributed by atoms with van der Waals surface area (Å²) < 4.78 is 11.1. The molecular formula is C20H16O6. The van der Waals surface area contributed by atoms with Gasteiger partial charge in [0.15, 0.2) is 22.7 Å². The Kier molecular flexibility index (Phi) is 3.12. The highest BCUT2D eigenvalue weighted by Crippen LogP contribution is 2.43. The predicted octanol–water partition coefficient (Wildman–Crippen LogP) is 4.27. The van der Waals surface area contributed by atoms with Crippen molar-refractivity contribution in [1.82, 2.24) is 0 Å². The molecule has 2 aromatic carbocycles. The van der Waals surface area contributed by atoms with Gasteiger partial charge < -0.3 is 24.2 Å². The highest BCUT2D eigenvalue weighted by atomic mass is 16.4. The molecule has 132 valence electrons. The van der Waals surface area contributed by atoms with Crippen LogP contribution >= 0.6 is 0 Å². The Morgan fingerprint density at radius 1 is 1.08 bits per heavy atom. The van der Waals surface area contributed by atoms with E-state index in [1.54, 1.807) is 12.1 Å². The minimum atomic E-state index is -0.669. The predicted molar refractivity (Wildman–Crippen MR) is 98.0 cm³/mol. The molecule has 0 atom stereocenters. The minimum Gasteiger partial charge on any atom is -0.504 e. The summed E-state index contributed by atoms with van der Waals surface area (Å²) in [5.41, 5.74) is -0.547. The second-order valence-electron chi connectivity index (χ2n) is 6.79. The second-order valence-corrected chi connectivity index (χ2v) is 6.79. The molecule has 4 rings (SSSR count). The lowest BCUT2D eigenvalue weighted by Gasteiger charge is -2.22. The number of allylic oxidation sites excluding steroid dienone is 1. The normalized spacial score (nSPS) is 12.2. The first-order chi connectivity index (χ1) is 12.3. The number of fused-ring (bicyclic) bond motifs is 3. The van der Waals surface area contributed by atoms with Crippen LogP contribution in [0.1, 0.15) is 19.4 Å². The van der Waals surface area contributed by atoms with Gasteiger partial charge in [-0.15, -0.1) is 6.58 Å². The van der Waals surface area contributed by atoms with Crippen LogP contribution in [0.3, 0.4) is 0 Å². The van der Waals surface area contributed by atoms with Crippen LogP contribution in [-0.4, -0.2) is 15.3 Å². The Labute approximate surface area is 147 Å². The van der Waals surface area contributed by atoms with Gasteiger partial charge in [-0.05, 0) is 18.2 Å². The number of aromatic hydroxyl groups is 3. The van der Waals surface area contributed by atoms with Gasteiger partial charge >= 0.3 is 0 Å². The largest absolute Gasteiger partial charge is 0.504 e. The first-order valence-corrected chi connectivity index (χ1v) is 7.95. The fraction of sp³-hybridized carbons (Fsp3) is 0.150. The summed E-state index contributed by atoms with van der Waals surface area (Å²) in [7, 11) is 0. The molecule has 4 aromatic rings. The highest BCUT2D eigenvalue weighted by Gasteiger charge is 2.27. The Hall–Kier alpha value is -3.41. The molecular weight excluding hydrogens is 336 g/mol. The summed E-state index contributed by atoms with van der Waals surface area (Å²) in [5, 5.41) is 31.4. The molecule has 0 saturated heterocycles. The van der Waals surface area contributed by atoms with Crippen molar-refractivity contribution in [3.8, 4) is 17.2 Å². The van der Waals surface area contributed by atoms with E-state index in [1.165, 1.54) is 18.4 Å². The average molecular weight is 352 g/mol. The van der Waals surface area contributed by atoms with Gasteiger partial charge in [0, 0.05) is 16.4 Å². The van der Waals surface area contributed by atoms with Crippen LogP contribution in [0.25, 0.3) is 32.9 Å². The van der Waals surface area contributed by atoms with Crippen molar-refractivity contribution in [3.05, 3.63) is 52.9 Å². The smallest absolute Gasteiger partial charge is 0.204 e. The van der Waals surface area contributed by atoms with Crippen molar-refractivity contribution >= 4 is 32.9 Å². The lowest BCUT2D eigenvalue weighted by molar-refractivity contribution is 0.405. The van der Waals surface area contributed by atoms with Crippen molar-refractivity contribution in [3.63, 3.8) is 0 Å². The number of rotatable bonds is 2. The molecule has 2 heterocycles. The first kappa shape index (κ1) is 16.1. The third-order valence-electron chi connectivity index (χ3n) is 4.78. The molecule has 0 amide bonds. The fourth-order valence-corrected chi connectivity index (χ4v) is 3.13. The van der Waals surface area contributed by atoms with Crippen LogP contribution in [-0.2, 0) is 5.41 Å². The summed E-state index contributed by atoms with van der Waals surface area (Å²) in [6.07, 6.45) is 3.03. The number of hydrogen-bond acceptors (Lipinski definition) is 6. The third kappa shape index (κ3) is 1.95. The van der Waals surface area contributed by atoms with Gasteiger partial charge in [-0.1, -0.05) is 19.9 Å². The summed E-state index contributed by atoms with van der Waals surface area (Å²) >= 11 is 0. The molecule has 0 radical (unpaired) electrons. The minimum absolute atomic E-state index is 0.0452. The van der Waals surface area contributed by atoms with Crippen LogP contribution in [0.4, 0.5) is 0 Å². The summed E-state index contributed by atoms with van der Waals surface area (Å²) in [4.78, 5) is 13.0. The Morgan fingerprint density at radius 3 is 2.50 bits per heavy atom. The maximum atomic E-state index is 13.0. The lowest BCUT2D eigenvalue weighted by atomic mass is 9.83. The molecule has 0 fully saturated rings. The standard InChI is InChI=1S/C20H16O6/c1-4-20(2,3)11-8-12(21)15(23)13-14(22)10-7-9-5-6-25-17(9)16(24)18(10)26-19(11)13/h4-8,21,23-24H,1H2,2-3H3. The Morgan fingerprint density at radius 2 is 1.81 bits per heavy atom. The maximum Gasteiger partial charge on any atom is 0.204 e. The summed E-state index contributed by atoms with van der Waals surface area (Å²) in [6, 6.07) is 4.45. The Bertz CT molecular complexity index is 1270. The van der Waals surface area contributed by atoms with E-state index in [-0.39, 0.29) is 33.3 Å². The quantitative estimate of drug-likeness (QED) is 0.283. The van der Waals surface area contributed by atoms with Crippen molar-refractivity contribution in [2.75, 3.05) is 0 Å². The van der Waals surface area contributed by atoms with Gasteiger partial charge in [0.1, 0.15) is 11.0 Å². The van der Waals surface area contributed by atoms with Gasteiger partial charge in [-0.2, -0.15) is 0 Å². The third-order valence-corrected chi connectivity index (χ3v) is 4.78. The molecule has 2 aromatic heterocycles. The van der Waals surface area contributed by atoms with E-state index in [0.717, 1.165) is 0 Å². The highest BCUT2D eigenvalue weighted by molar-refractivity contribution is 6.04. The van der Waals surface area contributed by atoms with Crippen LogP contribution < -0.4 is 5.43 Å². The van der Waals surface area contributed by atoms with Crippen molar-refractivity contribution in [2.45, 2.75) is 19.3 Å². The molecule has 0 bridgehead atoms. The number of phenols is 3. The van der Waals surface area contributed by atoms with Crippen LogP contribution in [0.15, 0.2) is 50.7 Å². The summed E-state index contributed by atoms with van der Waals surface area (Å²) in [6.45, 7) is 7.42. The molecule has 0 aliphatic rings. The van der Waals surface area contributed by atoms with E-state index < -0.39 is 22.3 Å². The van der Waals surface area contributed by atoms with Gasteiger partial charge in [0.25, 0.3) is 0 Å². The fourth-order valence-electron chi connectivity index (χ4n) is 3.13. The number of benzene rings is 2. The van der Waals surface area contributed by atoms with E-state index in [0.29, 0.717) is 10.9 Å². The lowest BCUT2D eigenvalue weighted by Crippen LogP contribution is -2.15. The zero-order valence-electron chi connectivity index (χ0n) is 14.2. The molecule has 0 saturated carbocycles. The first-order valence-electron chi connectivity index (χ1n) is 7.95. The number of phenolic OH excluding ortho intramolecular Hbond substituents is 3. The molecule has 0 spiro atoms. The van der Waals surface area contributed by atoms with E-state index in [4.69, 9.17) is 8.83 Å². The van der Waals surface area contributed by atoms with Gasteiger partial charge in [0.2, 0.25) is 11.2 Å². The maximum absolute atomic E-state index is 13.0. The number of furan rings is 1. The molecule has 0 unspecified atom stereocenters. The zero-order valence-corrected chi connectivity index (χ0v) is 14.2. The van der Waals surface area contributed by atoms with Crippen LogP contribution in [0, 0.1) is 0 Å². The molecule has 3 N–H and O–H groups in total. The van der Waals surface area contributed by atoms with Crippen LogP contribution in [0.2, 0.25) is 0 Å². The van der Waals surface area contributed by atoms with Gasteiger partial charge in [-0.25, -0.2) is 0 Å². The van der Waals surface area contributed by atoms with E-state index in [9.17, 15) is 20.1 Å². The van der Waals surface area contributed by atoms with E-state index >= 15 is 0 Å². The molecule has 26 heavy (non-hydrogen) atoms. The molecule has 6 nitrogen and oxygen atoms in total. The zero-order chi connectivity index (χ0) is 18.8. The molecule has 6 heteroatoms. The number of hydrogen-bond donors (Lipinski definition) is 3. The van der Waals surface area contributed by atoms with Crippen molar-refractivity contribution in [1.29, 1.82) is 0 Å². The monoisotopic (exact) mass is 352 g/mol. The molecule has 0 aliphatic carbocycles. The SMILES string of the molecule is C=CC(C)(C)c1cc(O)c(O)c2c(=O)c3cc4ccoc4c(O)c3oc12. The van der Waals surface area contributed by atoms with Crippen molar-refractivity contribution < 1.29 is 24.2 Å². The second kappa shape index (κ2) is 5.05. The van der Waals surface area contributed by atoms with Gasteiger partial charge in [0.05, 0.1) is 11.6 Å². The van der Waals surface area contributed by atoms with Crippen molar-refractivity contribution in [2.24, 2.45) is 0 Å². The van der Waals surface area contributed by atoms with Crippen LogP contribution in [0.5, 0.6) is 17.2 Å². The average Bonchev–Trinajstić information content (AvgIpc) is 3.08. The topological polar surface area (TPSA) is 104 Å². The Balaban J connectivity index is 2.32. The molecule has 0 aliphatic heterocycles. The van der Waals surface area contributed by atoms with Gasteiger partial charge in [-0.3, -0.25) is 4.79 Å². The summed E-state index contributed by atoms with van der Waals surface area (Å²) in [5.74, 6) is -1.29. The van der Waals surface area contributed by atoms with E-state index in [1.807, 2.05) is 13.8 Å².